The first-order chi connectivity index (χ1) is 19.0. The average Bonchev–Trinajstić information content (AvgIpc) is 2.93. The Morgan fingerprint density at radius 2 is 1.68 bits per heavy atom. The van der Waals surface area contributed by atoms with Crippen molar-refractivity contribution in [3.05, 3.63) is 87.9 Å². The minimum Gasteiger partial charge on any atom is -0.497 e. The standard InChI is InChI=1S/C29H33Cl2N3O5S/c1-5-27(29(36)32-6-2)33(18-21-12-15-25(30)26(31)16-21)28(35)19-34(22-8-7-9-23(17-22)39-4)40(37,38)24-13-10-20(3)11-14-24/h7-17,27H,5-6,18-19H2,1-4H3,(H,32,36). The van der Waals surface area contributed by atoms with Crippen LogP contribution in [0.1, 0.15) is 31.4 Å². The Hall–Kier alpha value is -3.27. The highest BCUT2D eigenvalue weighted by Crippen LogP contribution is 2.29. The quantitative estimate of drug-likeness (QED) is 0.296. The van der Waals surface area contributed by atoms with Gasteiger partial charge in [0.25, 0.3) is 10.0 Å². The number of carbonyl (C=O) groups excluding carboxylic acids is 2. The number of nitrogens with zero attached hydrogens (tertiary/aromatic N) is 2. The van der Waals surface area contributed by atoms with E-state index in [9.17, 15) is 18.0 Å². The maximum absolute atomic E-state index is 14.0. The topological polar surface area (TPSA) is 96.0 Å². The van der Waals surface area contributed by atoms with Crippen LogP contribution >= 0.6 is 23.2 Å². The molecule has 1 unspecified atom stereocenters. The van der Waals surface area contributed by atoms with Gasteiger partial charge in [-0.05, 0) is 62.2 Å². The molecule has 11 heteroatoms. The van der Waals surface area contributed by atoms with Crippen LogP contribution in [0.3, 0.4) is 0 Å². The summed E-state index contributed by atoms with van der Waals surface area (Å²) in [5.41, 5.74) is 1.78. The Morgan fingerprint density at radius 1 is 0.975 bits per heavy atom. The lowest BCUT2D eigenvalue weighted by molar-refractivity contribution is -0.140. The molecule has 0 spiro atoms. The largest absolute Gasteiger partial charge is 0.497 e. The fourth-order valence-electron chi connectivity index (χ4n) is 4.18. The van der Waals surface area contributed by atoms with Gasteiger partial charge in [0.2, 0.25) is 11.8 Å². The first kappa shape index (κ1) is 31.3. The van der Waals surface area contributed by atoms with Crippen LogP contribution in [-0.4, -0.2) is 51.4 Å². The van der Waals surface area contributed by atoms with Gasteiger partial charge in [0.05, 0.1) is 27.7 Å². The third kappa shape index (κ3) is 7.47. The molecule has 0 aromatic heterocycles. The molecule has 3 rings (SSSR count). The van der Waals surface area contributed by atoms with E-state index in [0.717, 1.165) is 9.87 Å². The fourth-order valence-corrected chi connectivity index (χ4v) is 5.90. The van der Waals surface area contributed by atoms with Gasteiger partial charge in [-0.3, -0.25) is 13.9 Å². The van der Waals surface area contributed by atoms with Crippen LogP contribution in [0, 0.1) is 6.92 Å². The summed E-state index contributed by atoms with van der Waals surface area (Å²) in [5, 5.41) is 3.43. The molecule has 0 aliphatic carbocycles. The molecule has 40 heavy (non-hydrogen) atoms. The molecule has 214 valence electrons. The molecule has 3 aromatic carbocycles. The highest BCUT2D eigenvalue weighted by atomic mass is 35.5. The first-order valence-electron chi connectivity index (χ1n) is 12.8. The molecule has 1 atom stereocenters. The number of anilines is 1. The van der Waals surface area contributed by atoms with Gasteiger partial charge in [0, 0.05) is 19.2 Å². The summed E-state index contributed by atoms with van der Waals surface area (Å²) in [6, 6.07) is 16.9. The normalized spacial score (nSPS) is 11.9. The second kappa shape index (κ2) is 13.9. The number of nitrogens with one attached hydrogen (secondary N) is 1. The lowest BCUT2D eigenvalue weighted by Crippen LogP contribution is -2.52. The lowest BCUT2D eigenvalue weighted by Gasteiger charge is -2.33. The molecule has 0 saturated heterocycles. The number of ether oxygens (including phenoxy) is 1. The summed E-state index contributed by atoms with van der Waals surface area (Å²) < 4.78 is 34.2. The van der Waals surface area contributed by atoms with E-state index in [0.29, 0.717) is 34.3 Å². The summed E-state index contributed by atoms with van der Waals surface area (Å²) in [4.78, 5) is 28.5. The number of sulfonamides is 1. The van der Waals surface area contributed by atoms with Gasteiger partial charge in [-0.2, -0.15) is 0 Å². The maximum atomic E-state index is 14.0. The summed E-state index contributed by atoms with van der Waals surface area (Å²) in [7, 11) is -2.71. The Bertz CT molecular complexity index is 1450. The zero-order chi connectivity index (χ0) is 29.4. The van der Waals surface area contributed by atoms with E-state index in [-0.39, 0.29) is 23.0 Å². The number of aryl methyl sites for hydroxylation is 1. The van der Waals surface area contributed by atoms with Crippen molar-refractivity contribution in [2.45, 2.75) is 44.7 Å². The van der Waals surface area contributed by atoms with E-state index >= 15 is 0 Å². The number of hydrogen-bond donors (Lipinski definition) is 1. The lowest BCUT2D eigenvalue weighted by atomic mass is 10.1. The highest BCUT2D eigenvalue weighted by Gasteiger charge is 2.33. The summed E-state index contributed by atoms with van der Waals surface area (Å²) in [5.74, 6) is -0.481. The maximum Gasteiger partial charge on any atom is 0.264 e. The smallest absolute Gasteiger partial charge is 0.264 e. The van der Waals surface area contributed by atoms with E-state index in [1.807, 2.05) is 6.92 Å². The van der Waals surface area contributed by atoms with Crippen LogP contribution in [0.2, 0.25) is 10.0 Å². The Morgan fingerprint density at radius 3 is 2.27 bits per heavy atom. The van der Waals surface area contributed by atoms with Crippen molar-refractivity contribution in [1.29, 1.82) is 0 Å². The van der Waals surface area contributed by atoms with Crippen molar-refractivity contribution in [2.75, 3.05) is 24.5 Å². The van der Waals surface area contributed by atoms with Crippen LogP contribution in [0.15, 0.2) is 71.6 Å². The van der Waals surface area contributed by atoms with E-state index in [2.05, 4.69) is 5.32 Å². The minimum atomic E-state index is -4.18. The molecule has 0 heterocycles. The molecule has 0 aliphatic rings. The van der Waals surface area contributed by atoms with E-state index < -0.39 is 28.5 Å². The number of methoxy groups -OCH3 is 1. The third-order valence-electron chi connectivity index (χ3n) is 6.30. The van der Waals surface area contributed by atoms with Gasteiger partial charge < -0.3 is 15.0 Å². The minimum absolute atomic E-state index is 0.0158. The second-order valence-corrected chi connectivity index (χ2v) is 11.8. The number of benzene rings is 3. The molecule has 0 aliphatic heterocycles. The van der Waals surface area contributed by atoms with Gasteiger partial charge in [-0.1, -0.05) is 60.0 Å². The SMILES string of the molecule is CCNC(=O)C(CC)N(Cc1ccc(Cl)c(Cl)c1)C(=O)CN(c1cccc(OC)c1)S(=O)(=O)c1ccc(C)cc1. The first-order valence-corrected chi connectivity index (χ1v) is 15.0. The molecule has 0 bridgehead atoms. The highest BCUT2D eigenvalue weighted by molar-refractivity contribution is 7.92. The molecule has 0 fully saturated rings. The van der Waals surface area contributed by atoms with Crippen molar-refractivity contribution < 1.29 is 22.7 Å². The molecule has 1 N–H and O–H groups in total. The third-order valence-corrected chi connectivity index (χ3v) is 8.83. The van der Waals surface area contributed by atoms with Crippen molar-refractivity contribution in [3.63, 3.8) is 0 Å². The van der Waals surface area contributed by atoms with Gasteiger partial charge in [-0.15, -0.1) is 0 Å². The summed E-state index contributed by atoms with van der Waals surface area (Å²) in [6.45, 7) is 5.27. The van der Waals surface area contributed by atoms with Crippen LogP contribution < -0.4 is 14.4 Å². The molecule has 8 nitrogen and oxygen atoms in total. The molecule has 2 amide bonds. The average molecular weight is 607 g/mol. The Labute approximate surface area is 245 Å². The number of amides is 2. The Balaban J connectivity index is 2.09. The zero-order valence-corrected chi connectivity index (χ0v) is 25.2. The van der Waals surface area contributed by atoms with Gasteiger partial charge in [0.15, 0.2) is 0 Å². The van der Waals surface area contributed by atoms with Crippen molar-refractivity contribution in [1.82, 2.24) is 10.2 Å². The number of carbonyl (C=O) groups is 2. The van der Waals surface area contributed by atoms with Crippen LogP contribution in [0.5, 0.6) is 5.75 Å². The number of likely N-dealkylation sites (N-methyl/N-ethyl adjacent to an activating group) is 1. The van der Waals surface area contributed by atoms with Gasteiger partial charge >= 0.3 is 0 Å². The van der Waals surface area contributed by atoms with Gasteiger partial charge in [0.1, 0.15) is 18.3 Å². The van der Waals surface area contributed by atoms with E-state index in [1.165, 1.54) is 24.1 Å². The van der Waals surface area contributed by atoms with Crippen LogP contribution in [-0.2, 0) is 26.2 Å². The van der Waals surface area contributed by atoms with Gasteiger partial charge in [-0.25, -0.2) is 8.42 Å². The van der Waals surface area contributed by atoms with E-state index in [1.54, 1.807) is 68.4 Å². The van der Waals surface area contributed by atoms with Crippen molar-refractivity contribution in [2.24, 2.45) is 0 Å². The Kier molecular flexibility index (Phi) is 10.8. The predicted molar refractivity (Wildman–Crippen MR) is 158 cm³/mol. The van der Waals surface area contributed by atoms with Crippen molar-refractivity contribution >= 4 is 50.7 Å². The molecular weight excluding hydrogens is 573 g/mol. The number of hydrogen-bond acceptors (Lipinski definition) is 5. The number of halogens is 2. The van der Waals surface area contributed by atoms with Crippen LogP contribution in [0.25, 0.3) is 0 Å². The van der Waals surface area contributed by atoms with Crippen LogP contribution in [0.4, 0.5) is 5.69 Å². The molecule has 0 radical (unpaired) electrons. The predicted octanol–water partition coefficient (Wildman–Crippen LogP) is 5.45. The zero-order valence-electron chi connectivity index (χ0n) is 22.9. The monoisotopic (exact) mass is 605 g/mol. The summed E-state index contributed by atoms with van der Waals surface area (Å²) >= 11 is 12.3. The molecule has 3 aromatic rings. The summed E-state index contributed by atoms with van der Waals surface area (Å²) in [6.07, 6.45) is 0.308. The van der Waals surface area contributed by atoms with Crippen molar-refractivity contribution in [3.8, 4) is 5.75 Å². The van der Waals surface area contributed by atoms with E-state index in [4.69, 9.17) is 27.9 Å². The number of rotatable bonds is 12. The fraction of sp³-hybridized carbons (Fsp3) is 0.310. The molecular formula is C29H33Cl2N3O5S. The second-order valence-electron chi connectivity index (χ2n) is 9.11. The molecule has 0 saturated carbocycles.